The Hall–Kier alpha value is -2.05. The number of anilines is 1. The maximum Gasteiger partial charge on any atom is 0.251 e. The SMILES string of the molecule is O=C1C[C@H](NCCc2cccs2)C(=O)N1c1ccc(F)cc1. The number of carbonyl (C=O) groups excluding carboxylic acids is 2. The van der Waals surface area contributed by atoms with E-state index in [1.807, 2.05) is 17.5 Å². The number of halogens is 1. The van der Waals surface area contributed by atoms with Crippen molar-refractivity contribution in [2.45, 2.75) is 18.9 Å². The van der Waals surface area contributed by atoms with Crippen molar-refractivity contribution in [3.05, 3.63) is 52.5 Å². The van der Waals surface area contributed by atoms with E-state index in [9.17, 15) is 14.0 Å². The quantitative estimate of drug-likeness (QED) is 0.861. The smallest absolute Gasteiger partial charge is 0.251 e. The molecule has 0 spiro atoms. The number of thiophene rings is 1. The first-order chi connectivity index (χ1) is 10.6. The molecular weight excluding hydrogens is 303 g/mol. The average molecular weight is 318 g/mol. The van der Waals surface area contributed by atoms with Gasteiger partial charge in [0, 0.05) is 11.4 Å². The predicted octanol–water partition coefficient (Wildman–Crippen LogP) is 2.35. The molecule has 1 aliphatic rings. The highest BCUT2D eigenvalue weighted by Crippen LogP contribution is 2.23. The molecule has 1 aromatic heterocycles. The summed E-state index contributed by atoms with van der Waals surface area (Å²) in [6.45, 7) is 0.640. The second-order valence-electron chi connectivity index (χ2n) is 5.08. The van der Waals surface area contributed by atoms with E-state index < -0.39 is 11.9 Å². The third-order valence-corrected chi connectivity index (χ3v) is 4.51. The van der Waals surface area contributed by atoms with Crippen LogP contribution in [0, 0.1) is 5.82 Å². The van der Waals surface area contributed by atoms with Crippen molar-refractivity contribution < 1.29 is 14.0 Å². The molecular formula is C16H15FN2O2S. The summed E-state index contributed by atoms with van der Waals surface area (Å²) in [5.74, 6) is -0.929. The van der Waals surface area contributed by atoms with Crippen LogP contribution in [-0.4, -0.2) is 24.4 Å². The topological polar surface area (TPSA) is 49.4 Å². The van der Waals surface area contributed by atoms with Crippen LogP contribution in [0.15, 0.2) is 41.8 Å². The molecule has 4 nitrogen and oxygen atoms in total. The molecule has 2 heterocycles. The second-order valence-corrected chi connectivity index (χ2v) is 6.12. The molecule has 0 saturated carbocycles. The third kappa shape index (κ3) is 3.08. The fraction of sp³-hybridized carbons (Fsp3) is 0.250. The van der Waals surface area contributed by atoms with E-state index in [0.717, 1.165) is 11.3 Å². The Balaban J connectivity index is 1.62. The van der Waals surface area contributed by atoms with Gasteiger partial charge < -0.3 is 5.32 Å². The molecule has 1 N–H and O–H groups in total. The number of amides is 2. The molecule has 1 aromatic carbocycles. The number of rotatable bonds is 5. The molecule has 0 bridgehead atoms. The van der Waals surface area contributed by atoms with Crippen LogP contribution in [0.2, 0.25) is 0 Å². The van der Waals surface area contributed by atoms with Crippen LogP contribution < -0.4 is 10.2 Å². The Morgan fingerprint density at radius 2 is 2.00 bits per heavy atom. The lowest BCUT2D eigenvalue weighted by molar-refractivity contribution is -0.121. The molecule has 0 aliphatic carbocycles. The Morgan fingerprint density at radius 3 is 2.68 bits per heavy atom. The molecule has 0 radical (unpaired) electrons. The summed E-state index contributed by atoms with van der Waals surface area (Å²) >= 11 is 1.67. The highest BCUT2D eigenvalue weighted by atomic mass is 32.1. The lowest BCUT2D eigenvalue weighted by atomic mass is 10.2. The minimum atomic E-state index is -0.502. The molecule has 0 unspecified atom stereocenters. The van der Waals surface area contributed by atoms with Crippen molar-refractivity contribution in [2.24, 2.45) is 0 Å². The zero-order valence-electron chi connectivity index (χ0n) is 11.8. The fourth-order valence-corrected chi connectivity index (χ4v) is 3.19. The number of hydrogen-bond donors (Lipinski definition) is 1. The van der Waals surface area contributed by atoms with Crippen LogP contribution in [0.25, 0.3) is 0 Å². The maximum atomic E-state index is 12.9. The van der Waals surface area contributed by atoms with Gasteiger partial charge >= 0.3 is 0 Å². The largest absolute Gasteiger partial charge is 0.305 e. The van der Waals surface area contributed by atoms with Gasteiger partial charge in [0.2, 0.25) is 5.91 Å². The molecule has 114 valence electrons. The van der Waals surface area contributed by atoms with Crippen LogP contribution in [0.5, 0.6) is 0 Å². The maximum absolute atomic E-state index is 12.9. The average Bonchev–Trinajstić information content (AvgIpc) is 3.10. The zero-order valence-corrected chi connectivity index (χ0v) is 12.6. The van der Waals surface area contributed by atoms with Gasteiger partial charge in [-0.25, -0.2) is 9.29 Å². The molecule has 1 fully saturated rings. The van der Waals surface area contributed by atoms with Crippen molar-refractivity contribution >= 4 is 28.8 Å². The van der Waals surface area contributed by atoms with E-state index in [0.29, 0.717) is 12.2 Å². The molecule has 2 amide bonds. The van der Waals surface area contributed by atoms with Gasteiger partial charge in [-0.3, -0.25) is 9.59 Å². The molecule has 6 heteroatoms. The van der Waals surface area contributed by atoms with Gasteiger partial charge in [-0.2, -0.15) is 0 Å². The first-order valence-electron chi connectivity index (χ1n) is 7.03. The minimum Gasteiger partial charge on any atom is -0.305 e. The van der Waals surface area contributed by atoms with E-state index in [-0.39, 0.29) is 18.2 Å². The molecule has 3 rings (SSSR count). The van der Waals surface area contributed by atoms with Gasteiger partial charge in [0.25, 0.3) is 5.91 Å². The van der Waals surface area contributed by atoms with Crippen LogP contribution in [0.3, 0.4) is 0 Å². The van der Waals surface area contributed by atoms with E-state index in [1.54, 1.807) is 11.3 Å². The summed E-state index contributed by atoms with van der Waals surface area (Å²) < 4.78 is 12.9. The summed E-state index contributed by atoms with van der Waals surface area (Å²) in [5, 5.41) is 5.14. The predicted molar refractivity (Wildman–Crippen MR) is 83.3 cm³/mol. The lowest BCUT2D eigenvalue weighted by Gasteiger charge is -2.15. The molecule has 1 saturated heterocycles. The van der Waals surface area contributed by atoms with Gasteiger partial charge in [-0.15, -0.1) is 11.3 Å². The first kappa shape index (κ1) is 14.9. The fourth-order valence-electron chi connectivity index (χ4n) is 2.48. The molecule has 1 aliphatic heterocycles. The third-order valence-electron chi connectivity index (χ3n) is 3.57. The van der Waals surface area contributed by atoms with Gasteiger partial charge in [0.05, 0.1) is 18.2 Å². The van der Waals surface area contributed by atoms with E-state index in [4.69, 9.17) is 0 Å². The molecule has 1 atom stereocenters. The number of carbonyl (C=O) groups is 2. The van der Waals surface area contributed by atoms with Crippen molar-refractivity contribution in [3.8, 4) is 0 Å². The highest BCUT2D eigenvalue weighted by molar-refractivity contribution is 7.09. The van der Waals surface area contributed by atoms with Gasteiger partial charge in [-0.1, -0.05) is 6.07 Å². The normalized spacial score (nSPS) is 18.2. The summed E-state index contributed by atoms with van der Waals surface area (Å²) in [4.78, 5) is 26.8. The van der Waals surface area contributed by atoms with Crippen molar-refractivity contribution in [3.63, 3.8) is 0 Å². The summed E-state index contributed by atoms with van der Waals surface area (Å²) in [7, 11) is 0. The lowest BCUT2D eigenvalue weighted by Crippen LogP contribution is -2.39. The van der Waals surface area contributed by atoms with Gasteiger partial charge in [0.1, 0.15) is 5.82 Å². The molecule has 22 heavy (non-hydrogen) atoms. The van der Waals surface area contributed by atoms with Crippen LogP contribution in [-0.2, 0) is 16.0 Å². The number of imide groups is 1. The number of nitrogens with one attached hydrogen (secondary N) is 1. The number of hydrogen-bond acceptors (Lipinski definition) is 4. The van der Waals surface area contributed by atoms with Gasteiger partial charge in [-0.05, 0) is 42.1 Å². The standard InChI is InChI=1S/C16H15FN2O2S/c17-11-3-5-12(6-4-11)19-15(20)10-14(16(19)21)18-8-7-13-2-1-9-22-13/h1-6,9,14,18H,7-8,10H2/t14-/m0/s1. The highest BCUT2D eigenvalue weighted by Gasteiger charge is 2.39. The number of benzene rings is 1. The van der Waals surface area contributed by atoms with Crippen LogP contribution >= 0.6 is 11.3 Å². The summed E-state index contributed by atoms with van der Waals surface area (Å²) in [6.07, 6.45) is 0.965. The van der Waals surface area contributed by atoms with E-state index in [2.05, 4.69) is 5.32 Å². The van der Waals surface area contributed by atoms with Crippen molar-refractivity contribution in [1.29, 1.82) is 0 Å². The van der Waals surface area contributed by atoms with Crippen LogP contribution in [0.1, 0.15) is 11.3 Å². The number of nitrogens with zero attached hydrogens (tertiary/aromatic N) is 1. The van der Waals surface area contributed by atoms with Crippen molar-refractivity contribution in [2.75, 3.05) is 11.4 Å². The van der Waals surface area contributed by atoms with Crippen molar-refractivity contribution in [1.82, 2.24) is 5.32 Å². The second kappa shape index (κ2) is 6.37. The molecule has 2 aromatic rings. The summed E-state index contributed by atoms with van der Waals surface area (Å²) in [6, 6.07) is 8.90. The van der Waals surface area contributed by atoms with Crippen LogP contribution in [0.4, 0.5) is 10.1 Å². The Labute approximate surface area is 131 Å². The van der Waals surface area contributed by atoms with E-state index in [1.165, 1.54) is 29.1 Å². The van der Waals surface area contributed by atoms with Gasteiger partial charge in [0.15, 0.2) is 0 Å². The Kier molecular flexibility index (Phi) is 4.31. The zero-order chi connectivity index (χ0) is 15.5. The Bertz CT molecular complexity index is 670. The monoisotopic (exact) mass is 318 g/mol. The Morgan fingerprint density at radius 1 is 1.23 bits per heavy atom. The van der Waals surface area contributed by atoms with E-state index >= 15 is 0 Å². The first-order valence-corrected chi connectivity index (χ1v) is 7.91. The summed E-state index contributed by atoms with van der Waals surface area (Å²) in [5.41, 5.74) is 0.416. The minimum absolute atomic E-state index is 0.140.